The minimum atomic E-state index is 1.01. The molecular formula is C20H15BrN2S2. The van der Waals surface area contributed by atoms with Gasteiger partial charge in [0.15, 0.2) is 0 Å². The van der Waals surface area contributed by atoms with E-state index in [1.54, 1.807) is 22.7 Å². The predicted octanol–water partition coefficient (Wildman–Crippen LogP) is 6.98. The largest absolute Gasteiger partial charge is 0.241 e. The normalized spacial score (nSPS) is 11.0. The summed E-state index contributed by atoms with van der Waals surface area (Å²) < 4.78 is 1.08. The van der Waals surface area contributed by atoms with Crippen molar-refractivity contribution < 1.29 is 0 Å². The van der Waals surface area contributed by atoms with E-state index in [2.05, 4.69) is 71.6 Å². The second-order valence-corrected chi connectivity index (χ2v) is 8.62. The van der Waals surface area contributed by atoms with Gasteiger partial charge in [0, 0.05) is 21.0 Å². The Labute approximate surface area is 163 Å². The van der Waals surface area contributed by atoms with Crippen LogP contribution in [0.3, 0.4) is 0 Å². The third-order valence-electron chi connectivity index (χ3n) is 3.92. The van der Waals surface area contributed by atoms with Crippen LogP contribution in [-0.4, -0.2) is 9.97 Å². The summed E-state index contributed by atoms with van der Waals surface area (Å²) in [6, 6.07) is 16.8. The molecular weight excluding hydrogens is 412 g/mol. The van der Waals surface area contributed by atoms with Gasteiger partial charge in [-0.15, -0.1) is 22.7 Å². The maximum absolute atomic E-state index is 4.84. The molecule has 124 valence electrons. The number of benzene rings is 2. The molecule has 0 spiro atoms. The van der Waals surface area contributed by atoms with Crippen molar-refractivity contribution in [3.63, 3.8) is 0 Å². The Morgan fingerprint density at radius 3 is 2.16 bits per heavy atom. The van der Waals surface area contributed by atoms with Gasteiger partial charge in [0.2, 0.25) is 0 Å². The third kappa shape index (κ3) is 3.45. The lowest BCUT2D eigenvalue weighted by Gasteiger charge is -1.96. The first-order valence-corrected chi connectivity index (χ1v) is 10.4. The van der Waals surface area contributed by atoms with Gasteiger partial charge in [0.25, 0.3) is 0 Å². The molecule has 0 amide bonds. The van der Waals surface area contributed by atoms with Crippen molar-refractivity contribution in [2.45, 2.75) is 13.8 Å². The molecule has 4 aromatic rings. The van der Waals surface area contributed by atoms with Crippen molar-refractivity contribution >= 4 is 38.6 Å². The summed E-state index contributed by atoms with van der Waals surface area (Å²) >= 11 is 6.85. The number of aromatic nitrogens is 2. The maximum atomic E-state index is 4.84. The molecule has 0 saturated carbocycles. The van der Waals surface area contributed by atoms with Gasteiger partial charge in [-0.25, -0.2) is 9.97 Å². The molecule has 0 atom stereocenters. The van der Waals surface area contributed by atoms with Crippen LogP contribution in [0.4, 0.5) is 0 Å². The predicted molar refractivity (Wildman–Crippen MR) is 111 cm³/mol. The van der Waals surface area contributed by atoms with E-state index in [0.717, 1.165) is 41.9 Å². The van der Waals surface area contributed by atoms with Gasteiger partial charge in [0.1, 0.15) is 10.0 Å². The van der Waals surface area contributed by atoms with Crippen molar-refractivity contribution in [3.8, 4) is 31.7 Å². The number of nitrogens with zero attached hydrogens (tertiary/aromatic N) is 2. The standard InChI is InChI=1S/C20H15BrN2S2/c1-12-3-5-15(6-4-12)20-22-13(2)18(25-20)17-11-24-19(23-17)14-7-9-16(21)10-8-14/h3-11H,1-2H3. The molecule has 2 aromatic heterocycles. The van der Waals surface area contributed by atoms with Gasteiger partial charge in [-0.05, 0) is 26.0 Å². The Morgan fingerprint density at radius 1 is 0.800 bits per heavy atom. The SMILES string of the molecule is Cc1ccc(-c2nc(C)c(-c3csc(-c4ccc(Br)cc4)n3)s2)cc1. The van der Waals surface area contributed by atoms with E-state index < -0.39 is 0 Å². The summed E-state index contributed by atoms with van der Waals surface area (Å²) in [5.74, 6) is 0. The topological polar surface area (TPSA) is 25.8 Å². The fourth-order valence-corrected chi connectivity index (χ4v) is 4.75. The van der Waals surface area contributed by atoms with Gasteiger partial charge < -0.3 is 0 Å². The summed E-state index contributed by atoms with van der Waals surface area (Å²) in [7, 11) is 0. The highest BCUT2D eigenvalue weighted by molar-refractivity contribution is 9.10. The first kappa shape index (κ1) is 16.6. The molecule has 0 fully saturated rings. The number of halogens is 1. The van der Waals surface area contributed by atoms with E-state index in [4.69, 9.17) is 9.97 Å². The fourth-order valence-electron chi connectivity index (χ4n) is 2.56. The van der Waals surface area contributed by atoms with E-state index in [1.807, 2.05) is 12.1 Å². The van der Waals surface area contributed by atoms with Gasteiger partial charge >= 0.3 is 0 Å². The van der Waals surface area contributed by atoms with Crippen molar-refractivity contribution in [1.29, 1.82) is 0 Å². The van der Waals surface area contributed by atoms with E-state index in [1.165, 1.54) is 5.56 Å². The van der Waals surface area contributed by atoms with E-state index in [-0.39, 0.29) is 0 Å². The van der Waals surface area contributed by atoms with Crippen LogP contribution in [0.5, 0.6) is 0 Å². The molecule has 0 unspecified atom stereocenters. The average Bonchev–Trinajstić information content (AvgIpc) is 3.23. The molecule has 4 rings (SSSR count). The van der Waals surface area contributed by atoms with Crippen LogP contribution in [0.15, 0.2) is 58.4 Å². The van der Waals surface area contributed by atoms with Gasteiger partial charge in [-0.2, -0.15) is 0 Å². The fraction of sp³-hybridized carbons (Fsp3) is 0.100. The summed E-state index contributed by atoms with van der Waals surface area (Å²) in [5, 5.41) is 4.20. The molecule has 5 heteroatoms. The smallest absolute Gasteiger partial charge is 0.124 e. The Hall–Kier alpha value is -1.82. The molecule has 2 heterocycles. The maximum Gasteiger partial charge on any atom is 0.124 e. The van der Waals surface area contributed by atoms with Crippen LogP contribution in [0, 0.1) is 13.8 Å². The van der Waals surface area contributed by atoms with Crippen LogP contribution in [-0.2, 0) is 0 Å². The van der Waals surface area contributed by atoms with E-state index >= 15 is 0 Å². The highest BCUT2D eigenvalue weighted by Crippen LogP contribution is 2.37. The van der Waals surface area contributed by atoms with Gasteiger partial charge in [0.05, 0.1) is 16.3 Å². The number of aryl methyl sites for hydroxylation is 2. The number of thiazole rings is 2. The lowest BCUT2D eigenvalue weighted by atomic mass is 10.2. The second-order valence-electron chi connectivity index (χ2n) is 5.84. The van der Waals surface area contributed by atoms with Gasteiger partial charge in [-0.1, -0.05) is 57.9 Å². The summed E-state index contributed by atoms with van der Waals surface area (Å²) in [6.45, 7) is 4.16. The zero-order chi connectivity index (χ0) is 17.4. The Bertz CT molecular complexity index is 1010. The lowest BCUT2D eigenvalue weighted by molar-refractivity contribution is 1.26. The number of hydrogen-bond donors (Lipinski definition) is 0. The minimum absolute atomic E-state index is 1.01. The van der Waals surface area contributed by atoms with Crippen molar-refractivity contribution in [1.82, 2.24) is 9.97 Å². The van der Waals surface area contributed by atoms with Crippen molar-refractivity contribution in [2.75, 3.05) is 0 Å². The molecule has 0 N–H and O–H groups in total. The van der Waals surface area contributed by atoms with Crippen molar-refractivity contribution in [3.05, 3.63) is 69.6 Å². The molecule has 0 aliphatic heterocycles. The third-order valence-corrected chi connectivity index (χ3v) is 6.57. The Morgan fingerprint density at radius 2 is 1.44 bits per heavy atom. The lowest BCUT2D eigenvalue weighted by Crippen LogP contribution is -1.80. The molecule has 0 aliphatic carbocycles. The van der Waals surface area contributed by atoms with Crippen LogP contribution in [0.25, 0.3) is 31.7 Å². The van der Waals surface area contributed by atoms with E-state index in [9.17, 15) is 0 Å². The highest BCUT2D eigenvalue weighted by atomic mass is 79.9. The van der Waals surface area contributed by atoms with Crippen LogP contribution < -0.4 is 0 Å². The zero-order valence-corrected chi connectivity index (χ0v) is 17.0. The number of rotatable bonds is 3. The monoisotopic (exact) mass is 426 g/mol. The molecule has 0 saturated heterocycles. The van der Waals surface area contributed by atoms with Crippen LogP contribution >= 0.6 is 38.6 Å². The van der Waals surface area contributed by atoms with E-state index in [0.29, 0.717) is 0 Å². The molecule has 2 nitrogen and oxygen atoms in total. The highest BCUT2D eigenvalue weighted by Gasteiger charge is 2.14. The Kier molecular flexibility index (Phi) is 4.54. The zero-order valence-electron chi connectivity index (χ0n) is 13.8. The summed E-state index contributed by atoms with van der Waals surface area (Å²) in [4.78, 5) is 10.7. The molecule has 0 bridgehead atoms. The summed E-state index contributed by atoms with van der Waals surface area (Å²) in [5.41, 5.74) is 5.61. The Balaban J connectivity index is 1.69. The molecule has 2 aromatic carbocycles. The quantitative estimate of drug-likeness (QED) is 0.353. The average molecular weight is 427 g/mol. The second kappa shape index (κ2) is 6.83. The number of hydrogen-bond acceptors (Lipinski definition) is 4. The van der Waals surface area contributed by atoms with Gasteiger partial charge in [-0.3, -0.25) is 0 Å². The van der Waals surface area contributed by atoms with Crippen molar-refractivity contribution in [2.24, 2.45) is 0 Å². The molecule has 25 heavy (non-hydrogen) atoms. The minimum Gasteiger partial charge on any atom is -0.241 e. The van der Waals surface area contributed by atoms with Crippen LogP contribution in [0.1, 0.15) is 11.3 Å². The first-order chi connectivity index (χ1) is 12.1. The molecule has 0 aliphatic rings. The first-order valence-electron chi connectivity index (χ1n) is 7.86. The summed E-state index contributed by atoms with van der Waals surface area (Å²) in [6.07, 6.45) is 0. The van der Waals surface area contributed by atoms with Crippen LogP contribution in [0.2, 0.25) is 0 Å². The molecule has 0 radical (unpaired) electrons.